The lowest BCUT2D eigenvalue weighted by Gasteiger charge is -2.20. The van der Waals surface area contributed by atoms with Crippen molar-refractivity contribution in [2.75, 3.05) is 27.2 Å². The van der Waals surface area contributed by atoms with Gasteiger partial charge in [0.1, 0.15) is 5.76 Å². The molecule has 0 unspecified atom stereocenters. The monoisotopic (exact) mass is 376 g/mol. The third-order valence-electron chi connectivity index (χ3n) is 4.87. The summed E-state index contributed by atoms with van der Waals surface area (Å²) in [5.74, 6) is 2.94. The van der Waals surface area contributed by atoms with Gasteiger partial charge in [-0.15, -0.1) is 11.3 Å². The molecule has 4 rings (SSSR count). The minimum atomic E-state index is 0.399. The summed E-state index contributed by atoms with van der Waals surface area (Å²) >= 11 is 1.89. The number of thiazole rings is 1. The number of aromatic nitrogens is 2. The van der Waals surface area contributed by atoms with Crippen LogP contribution in [-0.4, -0.2) is 47.0 Å². The van der Waals surface area contributed by atoms with Crippen LogP contribution >= 0.6 is 11.3 Å². The topological polar surface area (TPSA) is 45.4 Å². The summed E-state index contributed by atoms with van der Waals surface area (Å²) < 4.78 is 5.69. The van der Waals surface area contributed by atoms with Crippen LogP contribution in [0, 0.1) is 0 Å². The van der Waals surface area contributed by atoms with E-state index in [1.807, 2.05) is 11.3 Å². The van der Waals surface area contributed by atoms with Crippen LogP contribution in [-0.2, 0) is 25.9 Å². The predicted molar refractivity (Wildman–Crippen MR) is 107 cm³/mol. The van der Waals surface area contributed by atoms with Crippen LogP contribution in [0.3, 0.4) is 0 Å². The van der Waals surface area contributed by atoms with Gasteiger partial charge in [0.15, 0.2) is 5.89 Å². The van der Waals surface area contributed by atoms with E-state index in [9.17, 15) is 0 Å². The lowest BCUT2D eigenvalue weighted by molar-refractivity contribution is 0.272. The number of likely N-dealkylation sites (N-methyl/N-ethyl adjacent to an activating group) is 2. The average molecular weight is 377 g/mol. The van der Waals surface area contributed by atoms with Crippen LogP contribution in [0.15, 0.2) is 4.42 Å². The molecule has 2 aromatic rings. The second kappa shape index (κ2) is 8.19. The normalized spacial score (nSPS) is 17.8. The maximum Gasteiger partial charge on any atom is 0.197 e. The fraction of sp³-hybridized carbons (Fsp3) is 0.700. The second-order valence-corrected chi connectivity index (χ2v) is 9.24. The zero-order valence-electron chi connectivity index (χ0n) is 17.0. The molecule has 0 aromatic carbocycles. The van der Waals surface area contributed by atoms with Crippen molar-refractivity contribution in [3.8, 4) is 0 Å². The van der Waals surface area contributed by atoms with Crippen molar-refractivity contribution >= 4 is 11.3 Å². The Morgan fingerprint density at radius 3 is 2.19 bits per heavy atom. The van der Waals surface area contributed by atoms with Crippen LogP contribution in [0.2, 0.25) is 0 Å². The quantitative estimate of drug-likeness (QED) is 0.791. The first-order valence-corrected chi connectivity index (χ1v) is 10.5. The van der Waals surface area contributed by atoms with E-state index in [1.54, 1.807) is 0 Å². The first-order chi connectivity index (χ1) is 12.3. The molecule has 4 heterocycles. The largest absolute Gasteiger partial charge is 0.444 e. The number of hydrogen-bond acceptors (Lipinski definition) is 6. The Labute approximate surface area is 161 Å². The fourth-order valence-electron chi connectivity index (χ4n) is 3.18. The fourth-order valence-corrected chi connectivity index (χ4v) is 4.37. The third-order valence-corrected chi connectivity index (χ3v) is 6.25. The molecule has 0 saturated heterocycles. The zero-order valence-corrected chi connectivity index (χ0v) is 17.8. The maximum atomic E-state index is 5.69. The van der Waals surface area contributed by atoms with E-state index in [-0.39, 0.29) is 0 Å². The predicted octanol–water partition coefficient (Wildman–Crippen LogP) is 4.04. The van der Waals surface area contributed by atoms with Gasteiger partial charge in [-0.3, -0.25) is 4.90 Å². The SMILES string of the molecule is CC(C)c1nc2c(o1)CN(C)CC2.CC(C)c1nc2c(s1)CN(C)CC2. The van der Waals surface area contributed by atoms with E-state index >= 15 is 0 Å². The first-order valence-electron chi connectivity index (χ1n) is 9.67. The summed E-state index contributed by atoms with van der Waals surface area (Å²) in [7, 11) is 4.29. The van der Waals surface area contributed by atoms with Gasteiger partial charge in [-0.05, 0) is 14.1 Å². The molecule has 2 aliphatic heterocycles. The van der Waals surface area contributed by atoms with Crippen LogP contribution in [0.1, 0.15) is 72.5 Å². The van der Waals surface area contributed by atoms with Gasteiger partial charge in [0.05, 0.1) is 22.9 Å². The van der Waals surface area contributed by atoms with Gasteiger partial charge < -0.3 is 9.32 Å². The average Bonchev–Trinajstić information content (AvgIpc) is 3.18. The Hall–Kier alpha value is -1.24. The zero-order chi connectivity index (χ0) is 18.8. The molecule has 0 amide bonds. The highest BCUT2D eigenvalue weighted by Gasteiger charge is 2.21. The van der Waals surface area contributed by atoms with Gasteiger partial charge in [0.25, 0.3) is 0 Å². The number of hydrogen-bond donors (Lipinski definition) is 0. The minimum absolute atomic E-state index is 0.399. The summed E-state index contributed by atoms with van der Waals surface area (Å²) in [5.41, 5.74) is 2.52. The summed E-state index contributed by atoms with van der Waals surface area (Å²) in [4.78, 5) is 15.3. The van der Waals surface area contributed by atoms with Crippen LogP contribution in [0.5, 0.6) is 0 Å². The highest BCUT2D eigenvalue weighted by atomic mass is 32.1. The first kappa shape index (κ1) is 19.5. The van der Waals surface area contributed by atoms with Gasteiger partial charge in [0.2, 0.25) is 0 Å². The Bertz CT molecular complexity index is 672. The van der Waals surface area contributed by atoms with E-state index in [4.69, 9.17) is 4.42 Å². The molecule has 0 N–H and O–H groups in total. The molecule has 2 aromatic heterocycles. The van der Waals surface area contributed by atoms with Crippen molar-refractivity contribution in [2.24, 2.45) is 0 Å². The van der Waals surface area contributed by atoms with Crippen LogP contribution < -0.4 is 0 Å². The molecule has 0 radical (unpaired) electrons. The number of oxazole rings is 1. The molecule has 0 spiro atoms. The van der Waals surface area contributed by atoms with Gasteiger partial charge in [-0.25, -0.2) is 9.97 Å². The summed E-state index contributed by atoms with van der Waals surface area (Å²) in [6, 6.07) is 0. The molecular formula is C20H32N4OS. The molecule has 5 nitrogen and oxygen atoms in total. The highest BCUT2D eigenvalue weighted by molar-refractivity contribution is 7.11. The van der Waals surface area contributed by atoms with Crippen molar-refractivity contribution in [2.45, 2.75) is 65.5 Å². The van der Waals surface area contributed by atoms with E-state index in [0.29, 0.717) is 11.8 Å². The van der Waals surface area contributed by atoms with Gasteiger partial charge in [-0.1, -0.05) is 27.7 Å². The molecule has 2 aliphatic rings. The summed E-state index contributed by atoms with van der Waals surface area (Å²) in [5, 5.41) is 1.31. The molecular weight excluding hydrogens is 344 g/mol. The summed E-state index contributed by atoms with van der Waals surface area (Å²) in [6.07, 6.45) is 2.16. The Morgan fingerprint density at radius 2 is 1.54 bits per heavy atom. The number of nitrogens with zero attached hydrogens (tertiary/aromatic N) is 4. The molecule has 0 bridgehead atoms. The Balaban J connectivity index is 0.000000151. The van der Waals surface area contributed by atoms with E-state index in [0.717, 1.165) is 50.7 Å². The van der Waals surface area contributed by atoms with Crippen LogP contribution in [0.4, 0.5) is 0 Å². The Kier molecular flexibility index (Phi) is 6.15. The minimum Gasteiger partial charge on any atom is -0.444 e. The third kappa shape index (κ3) is 4.53. The van der Waals surface area contributed by atoms with E-state index < -0.39 is 0 Å². The number of rotatable bonds is 2. The van der Waals surface area contributed by atoms with Crippen molar-refractivity contribution < 1.29 is 4.42 Å². The van der Waals surface area contributed by atoms with E-state index in [1.165, 1.54) is 21.3 Å². The lowest BCUT2D eigenvalue weighted by atomic mass is 10.2. The Morgan fingerprint density at radius 1 is 0.885 bits per heavy atom. The van der Waals surface area contributed by atoms with Crippen molar-refractivity contribution in [1.82, 2.24) is 19.8 Å². The van der Waals surface area contributed by atoms with Crippen molar-refractivity contribution in [3.63, 3.8) is 0 Å². The maximum absolute atomic E-state index is 5.69. The standard InChI is InChI=1S/C10H16N2O.C10H16N2S/c2*1-7(2)10-11-8-4-5-12(3)6-9(8)13-10/h2*7H,4-6H2,1-3H3. The molecule has 144 valence electrons. The molecule has 0 aliphatic carbocycles. The van der Waals surface area contributed by atoms with Crippen LogP contribution in [0.25, 0.3) is 0 Å². The highest BCUT2D eigenvalue weighted by Crippen LogP contribution is 2.28. The summed E-state index contributed by atoms with van der Waals surface area (Å²) in [6.45, 7) is 12.9. The molecule has 0 fully saturated rings. The molecule has 0 atom stereocenters. The van der Waals surface area contributed by atoms with E-state index in [2.05, 4.69) is 61.6 Å². The van der Waals surface area contributed by atoms with Crippen molar-refractivity contribution in [3.05, 3.63) is 32.9 Å². The van der Waals surface area contributed by atoms with Gasteiger partial charge in [0, 0.05) is 49.2 Å². The lowest BCUT2D eigenvalue weighted by Crippen LogP contribution is -2.25. The van der Waals surface area contributed by atoms with Gasteiger partial charge >= 0.3 is 0 Å². The van der Waals surface area contributed by atoms with Crippen molar-refractivity contribution in [1.29, 1.82) is 0 Å². The second-order valence-electron chi connectivity index (χ2n) is 8.13. The number of fused-ring (bicyclic) bond motifs is 2. The molecule has 6 heteroatoms. The molecule has 26 heavy (non-hydrogen) atoms. The smallest absolute Gasteiger partial charge is 0.197 e. The molecule has 0 saturated carbocycles. The van der Waals surface area contributed by atoms with Gasteiger partial charge in [-0.2, -0.15) is 0 Å².